The highest BCUT2D eigenvalue weighted by molar-refractivity contribution is 5.81. The summed E-state index contributed by atoms with van der Waals surface area (Å²) in [5.41, 5.74) is 4.47. The monoisotopic (exact) mass is 431 g/mol. The number of likely N-dealkylation sites (tertiary alicyclic amines) is 1. The Bertz CT molecular complexity index is 992. The fourth-order valence-corrected chi connectivity index (χ4v) is 4.68. The molecule has 2 aliphatic rings. The smallest absolute Gasteiger partial charge is 0.223 e. The highest BCUT2D eigenvalue weighted by Gasteiger charge is 2.28. The molecule has 1 unspecified atom stereocenters. The van der Waals surface area contributed by atoms with E-state index in [-0.39, 0.29) is 24.3 Å². The number of carbonyl (C=O) groups excluding carboxylic acids is 2. The van der Waals surface area contributed by atoms with Gasteiger partial charge in [-0.15, -0.1) is 0 Å². The first-order valence-electron chi connectivity index (χ1n) is 11.6. The lowest BCUT2D eigenvalue weighted by molar-refractivity contribution is -0.130. The molecule has 5 nitrogen and oxygen atoms in total. The first-order chi connectivity index (χ1) is 15.5. The van der Waals surface area contributed by atoms with Gasteiger partial charge in [-0.25, -0.2) is 0 Å². The van der Waals surface area contributed by atoms with Crippen LogP contribution in [0.5, 0.6) is 0 Å². The number of nitrogens with zero attached hydrogens (tertiary/aromatic N) is 2. The normalized spacial score (nSPS) is 18.9. The van der Waals surface area contributed by atoms with E-state index in [0.717, 1.165) is 42.2 Å². The number of piperidine rings is 1. The molecular weight excluding hydrogens is 398 g/mol. The first-order valence-corrected chi connectivity index (χ1v) is 11.6. The molecule has 2 aromatic rings. The van der Waals surface area contributed by atoms with E-state index in [2.05, 4.69) is 41.4 Å². The van der Waals surface area contributed by atoms with E-state index in [9.17, 15) is 9.59 Å². The van der Waals surface area contributed by atoms with Crippen LogP contribution in [0, 0.1) is 5.92 Å². The SMILES string of the molecule is CC(=O)N1C=Cc2ccccc2C1CC(=O)NCc1cccc(CN2CCC(C)CC2)c1. The van der Waals surface area contributed by atoms with Crippen LogP contribution in [0.25, 0.3) is 6.08 Å². The maximum atomic E-state index is 12.8. The lowest BCUT2D eigenvalue weighted by Crippen LogP contribution is -2.35. The van der Waals surface area contributed by atoms with Crippen molar-refractivity contribution in [3.05, 3.63) is 77.0 Å². The topological polar surface area (TPSA) is 52.7 Å². The molecule has 0 radical (unpaired) electrons. The minimum atomic E-state index is -0.276. The van der Waals surface area contributed by atoms with Gasteiger partial charge in [0.1, 0.15) is 0 Å². The van der Waals surface area contributed by atoms with E-state index in [1.165, 1.54) is 25.3 Å². The quantitative estimate of drug-likeness (QED) is 0.733. The molecule has 2 amide bonds. The van der Waals surface area contributed by atoms with Gasteiger partial charge in [0.2, 0.25) is 11.8 Å². The second-order valence-electron chi connectivity index (χ2n) is 9.15. The summed E-state index contributed by atoms with van der Waals surface area (Å²) in [4.78, 5) is 29.1. The summed E-state index contributed by atoms with van der Waals surface area (Å²) in [6.45, 7) is 7.65. The van der Waals surface area contributed by atoms with Crippen LogP contribution in [-0.4, -0.2) is 34.7 Å². The molecule has 0 aromatic heterocycles. The van der Waals surface area contributed by atoms with Gasteiger partial charge in [0.05, 0.1) is 12.5 Å². The maximum absolute atomic E-state index is 12.8. The van der Waals surface area contributed by atoms with Crippen molar-refractivity contribution in [2.45, 2.75) is 52.2 Å². The molecule has 2 aromatic carbocycles. The third kappa shape index (κ3) is 5.46. The second-order valence-corrected chi connectivity index (χ2v) is 9.15. The third-order valence-corrected chi connectivity index (χ3v) is 6.61. The Morgan fingerprint density at radius 3 is 2.56 bits per heavy atom. The summed E-state index contributed by atoms with van der Waals surface area (Å²) in [7, 11) is 0. The average Bonchev–Trinajstić information content (AvgIpc) is 2.79. The summed E-state index contributed by atoms with van der Waals surface area (Å²) in [6, 6.07) is 16.2. The summed E-state index contributed by atoms with van der Waals surface area (Å²) in [5, 5.41) is 3.06. The summed E-state index contributed by atoms with van der Waals surface area (Å²) >= 11 is 0. The Hall–Kier alpha value is -2.92. The van der Waals surface area contributed by atoms with Crippen LogP contribution >= 0.6 is 0 Å². The van der Waals surface area contributed by atoms with Gasteiger partial charge in [-0.2, -0.15) is 0 Å². The molecule has 1 atom stereocenters. The van der Waals surface area contributed by atoms with Crippen LogP contribution in [0.1, 0.15) is 61.4 Å². The summed E-state index contributed by atoms with van der Waals surface area (Å²) in [5.74, 6) is 0.716. The van der Waals surface area contributed by atoms with Gasteiger partial charge >= 0.3 is 0 Å². The minimum Gasteiger partial charge on any atom is -0.352 e. The van der Waals surface area contributed by atoms with Gasteiger partial charge in [-0.3, -0.25) is 14.5 Å². The minimum absolute atomic E-state index is 0.0539. The third-order valence-electron chi connectivity index (χ3n) is 6.61. The molecule has 1 N–H and O–H groups in total. The molecule has 0 saturated carbocycles. The maximum Gasteiger partial charge on any atom is 0.223 e. The van der Waals surface area contributed by atoms with Crippen molar-refractivity contribution < 1.29 is 9.59 Å². The predicted octanol–water partition coefficient (Wildman–Crippen LogP) is 4.50. The van der Waals surface area contributed by atoms with Gasteiger partial charge in [0.15, 0.2) is 0 Å². The summed E-state index contributed by atoms with van der Waals surface area (Å²) in [6.07, 6.45) is 6.50. The van der Waals surface area contributed by atoms with E-state index in [1.54, 1.807) is 11.1 Å². The Labute approximate surface area is 191 Å². The van der Waals surface area contributed by atoms with E-state index >= 15 is 0 Å². The van der Waals surface area contributed by atoms with Crippen LogP contribution in [0.2, 0.25) is 0 Å². The lowest BCUT2D eigenvalue weighted by Gasteiger charge is -2.32. The fraction of sp³-hybridized carbons (Fsp3) is 0.407. The highest BCUT2D eigenvalue weighted by atomic mass is 16.2. The molecular formula is C27H33N3O2. The van der Waals surface area contributed by atoms with Crippen molar-refractivity contribution in [3.63, 3.8) is 0 Å². The standard InChI is InChI=1S/C27H33N3O2/c1-20-10-13-29(14-11-20)19-23-7-5-6-22(16-23)18-28-27(32)17-26-25-9-4-3-8-24(25)12-15-30(26)21(2)31/h3-9,12,15-16,20,26H,10-11,13-14,17-19H2,1-2H3,(H,28,32). The molecule has 0 spiro atoms. The van der Waals surface area contributed by atoms with Crippen LogP contribution < -0.4 is 5.32 Å². The van der Waals surface area contributed by atoms with E-state index in [0.29, 0.717) is 6.54 Å². The van der Waals surface area contributed by atoms with Crippen molar-refractivity contribution in [3.8, 4) is 0 Å². The van der Waals surface area contributed by atoms with E-state index < -0.39 is 0 Å². The lowest BCUT2D eigenvalue weighted by atomic mass is 9.93. The number of rotatable bonds is 6. The molecule has 0 bridgehead atoms. The van der Waals surface area contributed by atoms with Crippen molar-refractivity contribution in [1.29, 1.82) is 0 Å². The molecule has 1 fully saturated rings. The Balaban J connectivity index is 1.35. The largest absolute Gasteiger partial charge is 0.352 e. The molecule has 5 heteroatoms. The van der Waals surface area contributed by atoms with Gasteiger partial charge in [-0.1, -0.05) is 55.5 Å². The zero-order chi connectivity index (χ0) is 22.5. The molecule has 32 heavy (non-hydrogen) atoms. The second kappa shape index (κ2) is 10.1. The van der Waals surface area contributed by atoms with Gasteiger partial charge in [0.25, 0.3) is 0 Å². The van der Waals surface area contributed by atoms with Crippen LogP contribution in [0.15, 0.2) is 54.7 Å². The zero-order valence-corrected chi connectivity index (χ0v) is 19.1. The van der Waals surface area contributed by atoms with Gasteiger partial charge in [-0.05, 0) is 60.2 Å². The molecule has 4 rings (SSSR count). The molecule has 168 valence electrons. The van der Waals surface area contributed by atoms with Crippen molar-refractivity contribution in [1.82, 2.24) is 15.1 Å². The number of hydrogen-bond acceptors (Lipinski definition) is 3. The van der Waals surface area contributed by atoms with Gasteiger partial charge < -0.3 is 10.2 Å². The van der Waals surface area contributed by atoms with Crippen LogP contribution in [0.3, 0.4) is 0 Å². The average molecular weight is 432 g/mol. The van der Waals surface area contributed by atoms with Gasteiger partial charge in [0, 0.05) is 26.2 Å². The van der Waals surface area contributed by atoms with Crippen LogP contribution in [0.4, 0.5) is 0 Å². The van der Waals surface area contributed by atoms with Crippen molar-refractivity contribution in [2.24, 2.45) is 5.92 Å². The number of amides is 2. The van der Waals surface area contributed by atoms with Crippen molar-refractivity contribution in [2.75, 3.05) is 13.1 Å². The summed E-state index contributed by atoms with van der Waals surface area (Å²) < 4.78 is 0. The number of benzene rings is 2. The van der Waals surface area contributed by atoms with E-state index in [1.807, 2.05) is 30.3 Å². The number of fused-ring (bicyclic) bond motifs is 1. The predicted molar refractivity (Wildman–Crippen MR) is 127 cm³/mol. The number of nitrogens with one attached hydrogen (secondary N) is 1. The Morgan fingerprint density at radius 2 is 1.78 bits per heavy atom. The zero-order valence-electron chi connectivity index (χ0n) is 19.1. The molecule has 2 heterocycles. The van der Waals surface area contributed by atoms with E-state index in [4.69, 9.17) is 0 Å². The number of carbonyl (C=O) groups is 2. The molecule has 1 saturated heterocycles. The van der Waals surface area contributed by atoms with Crippen LogP contribution in [-0.2, 0) is 22.7 Å². The highest BCUT2D eigenvalue weighted by Crippen LogP contribution is 2.32. The Morgan fingerprint density at radius 1 is 1.03 bits per heavy atom. The van der Waals surface area contributed by atoms with Crippen molar-refractivity contribution >= 4 is 17.9 Å². The number of hydrogen-bond donors (Lipinski definition) is 1. The first kappa shape index (κ1) is 22.3. The Kier molecular flexibility index (Phi) is 7.05. The fourth-order valence-electron chi connectivity index (χ4n) is 4.68. The molecule has 0 aliphatic carbocycles. The molecule has 2 aliphatic heterocycles.